The van der Waals surface area contributed by atoms with Crippen LogP contribution in [0.1, 0.15) is 32.2 Å². The fourth-order valence-corrected chi connectivity index (χ4v) is 1.82. The van der Waals surface area contributed by atoms with Crippen molar-refractivity contribution in [3.05, 3.63) is 42.2 Å². The lowest BCUT2D eigenvalue weighted by Crippen LogP contribution is -2.41. The molecule has 1 aromatic rings. The minimum atomic E-state index is 0.120. The number of rotatable bonds is 6. The minimum Gasteiger partial charge on any atom is -0.314 e. The van der Waals surface area contributed by atoms with Crippen LogP contribution in [-0.4, -0.2) is 29.0 Å². The number of pyridine rings is 1. The summed E-state index contributed by atoms with van der Waals surface area (Å²) in [7, 11) is 1.94. The van der Waals surface area contributed by atoms with Gasteiger partial charge in [0.15, 0.2) is 0 Å². The average Bonchev–Trinajstić information content (AvgIpc) is 2.28. The summed E-state index contributed by atoms with van der Waals surface area (Å²) < 4.78 is 0. The Morgan fingerprint density at radius 2 is 2.00 bits per heavy atom. The number of hydrogen-bond acceptors (Lipinski definition) is 3. The molecular formula is C15H25N3. The van der Waals surface area contributed by atoms with Crippen molar-refractivity contribution in [2.24, 2.45) is 0 Å². The van der Waals surface area contributed by atoms with Crippen molar-refractivity contribution in [2.45, 2.75) is 39.4 Å². The third kappa shape index (κ3) is 4.59. The van der Waals surface area contributed by atoms with E-state index in [0.29, 0.717) is 0 Å². The van der Waals surface area contributed by atoms with E-state index in [1.807, 2.05) is 13.1 Å². The Morgan fingerprint density at radius 3 is 2.56 bits per heavy atom. The molecule has 0 bridgehead atoms. The summed E-state index contributed by atoms with van der Waals surface area (Å²) in [5.74, 6) is 0. The summed E-state index contributed by atoms with van der Waals surface area (Å²) in [4.78, 5) is 7.03. The molecule has 0 radical (unpaired) electrons. The minimum absolute atomic E-state index is 0.120. The molecule has 3 nitrogen and oxygen atoms in total. The number of aromatic nitrogens is 1. The molecule has 0 saturated heterocycles. The van der Waals surface area contributed by atoms with Gasteiger partial charge in [0.25, 0.3) is 0 Å². The molecule has 0 unspecified atom stereocenters. The Kier molecular flexibility index (Phi) is 5.51. The van der Waals surface area contributed by atoms with Crippen molar-refractivity contribution >= 4 is 0 Å². The Balaban J connectivity index is 2.80. The van der Waals surface area contributed by atoms with Gasteiger partial charge in [-0.15, -0.1) is 6.58 Å². The zero-order chi connectivity index (χ0) is 13.6. The van der Waals surface area contributed by atoms with E-state index in [1.165, 1.54) is 0 Å². The summed E-state index contributed by atoms with van der Waals surface area (Å²) in [5, 5.41) is 3.13. The highest BCUT2D eigenvalue weighted by Gasteiger charge is 2.20. The molecule has 1 N–H and O–H groups in total. The van der Waals surface area contributed by atoms with E-state index in [4.69, 9.17) is 0 Å². The quantitative estimate of drug-likeness (QED) is 0.783. The van der Waals surface area contributed by atoms with Gasteiger partial charge in [0, 0.05) is 25.2 Å². The summed E-state index contributed by atoms with van der Waals surface area (Å²) >= 11 is 0. The molecule has 0 aliphatic rings. The van der Waals surface area contributed by atoms with E-state index < -0.39 is 0 Å². The molecule has 1 rings (SSSR count). The maximum atomic E-state index is 4.66. The van der Waals surface area contributed by atoms with Gasteiger partial charge in [-0.05, 0) is 40.0 Å². The second kappa shape index (κ2) is 6.66. The van der Waals surface area contributed by atoms with E-state index in [1.54, 1.807) is 0 Å². The molecule has 0 aromatic carbocycles. The zero-order valence-corrected chi connectivity index (χ0v) is 12.0. The highest BCUT2D eigenvalue weighted by atomic mass is 15.2. The van der Waals surface area contributed by atoms with Gasteiger partial charge >= 0.3 is 0 Å². The summed E-state index contributed by atoms with van der Waals surface area (Å²) in [6.07, 6.45) is 1.95. The van der Waals surface area contributed by atoms with Crippen molar-refractivity contribution in [3.63, 3.8) is 0 Å². The Hall–Kier alpha value is -1.19. The first-order chi connectivity index (χ1) is 8.47. The van der Waals surface area contributed by atoms with Gasteiger partial charge in [0.2, 0.25) is 0 Å². The van der Waals surface area contributed by atoms with Crippen LogP contribution in [0.25, 0.3) is 0 Å². The normalized spacial score (nSPS) is 11.8. The number of nitrogens with zero attached hydrogens (tertiary/aromatic N) is 2. The van der Waals surface area contributed by atoms with E-state index in [2.05, 4.69) is 60.7 Å². The van der Waals surface area contributed by atoms with Crippen LogP contribution >= 0.6 is 0 Å². The molecule has 0 amide bonds. The van der Waals surface area contributed by atoms with Gasteiger partial charge < -0.3 is 5.32 Å². The van der Waals surface area contributed by atoms with Gasteiger partial charge in [-0.2, -0.15) is 0 Å². The summed E-state index contributed by atoms with van der Waals surface area (Å²) in [5.41, 5.74) is 2.32. The first-order valence-corrected chi connectivity index (χ1v) is 6.42. The Labute approximate surface area is 111 Å². The third-order valence-electron chi connectivity index (χ3n) is 2.87. The molecule has 0 fully saturated rings. The van der Waals surface area contributed by atoms with E-state index in [0.717, 1.165) is 31.0 Å². The first kappa shape index (κ1) is 14.9. The third-order valence-corrected chi connectivity index (χ3v) is 2.87. The zero-order valence-electron chi connectivity index (χ0n) is 12.0. The van der Waals surface area contributed by atoms with Crippen LogP contribution < -0.4 is 5.32 Å². The lowest BCUT2D eigenvalue weighted by Gasteiger charge is -2.34. The Bertz CT molecular complexity index is 380. The van der Waals surface area contributed by atoms with Crippen LogP contribution in [0.15, 0.2) is 30.9 Å². The highest BCUT2D eigenvalue weighted by molar-refractivity contribution is 5.11. The molecule has 1 aromatic heterocycles. The van der Waals surface area contributed by atoms with Crippen LogP contribution in [-0.2, 0) is 13.1 Å². The second-order valence-corrected chi connectivity index (χ2v) is 5.49. The van der Waals surface area contributed by atoms with Crippen molar-refractivity contribution in [3.8, 4) is 0 Å². The van der Waals surface area contributed by atoms with Gasteiger partial charge in [-0.3, -0.25) is 9.88 Å². The topological polar surface area (TPSA) is 28.2 Å². The lowest BCUT2D eigenvalue weighted by molar-refractivity contribution is 0.143. The van der Waals surface area contributed by atoms with Crippen molar-refractivity contribution in [2.75, 3.05) is 13.6 Å². The Morgan fingerprint density at radius 1 is 1.33 bits per heavy atom. The number of hydrogen-bond donors (Lipinski definition) is 1. The van der Waals surface area contributed by atoms with Crippen molar-refractivity contribution in [1.29, 1.82) is 0 Å². The van der Waals surface area contributed by atoms with Crippen LogP contribution in [0.4, 0.5) is 0 Å². The predicted octanol–water partition coefficient (Wildman–Crippen LogP) is 2.59. The molecule has 18 heavy (non-hydrogen) atoms. The maximum Gasteiger partial charge on any atom is 0.0548 e. The summed E-state index contributed by atoms with van der Waals surface area (Å²) in [6, 6.07) is 6.21. The molecule has 0 aliphatic carbocycles. The van der Waals surface area contributed by atoms with Crippen LogP contribution in [0.5, 0.6) is 0 Å². The van der Waals surface area contributed by atoms with Crippen molar-refractivity contribution in [1.82, 2.24) is 15.2 Å². The number of nitrogens with one attached hydrogen (secondary N) is 1. The van der Waals surface area contributed by atoms with Crippen LogP contribution in [0, 0.1) is 0 Å². The van der Waals surface area contributed by atoms with E-state index >= 15 is 0 Å². The largest absolute Gasteiger partial charge is 0.314 e. The van der Waals surface area contributed by atoms with Crippen molar-refractivity contribution < 1.29 is 0 Å². The first-order valence-electron chi connectivity index (χ1n) is 6.42. The predicted molar refractivity (Wildman–Crippen MR) is 77.4 cm³/mol. The van der Waals surface area contributed by atoms with Gasteiger partial charge in [0.05, 0.1) is 11.4 Å². The maximum absolute atomic E-state index is 4.66. The smallest absolute Gasteiger partial charge is 0.0548 e. The molecule has 0 saturated carbocycles. The molecule has 0 atom stereocenters. The van der Waals surface area contributed by atoms with E-state index in [9.17, 15) is 0 Å². The fraction of sp³-hybridized carbons (Fsp3) is 0.533. The van der Waals surface area contributed by atoms with E-state index in [-0.39, 0.29) is 5.54 Å². The second-order valence-electron chi connectivity index (χ2n) is 5.49. The standard InChI is InChI=1S/C15H25N3/c1-6-10-18(15(2,3)4)12-14-9-7-8-13(17-14)11-16-5/h6-9,16H,1,10-12H2,2-5H3. The molecule has 100 valence electrons. The molecule has 1 heterocycles. The van der Waals surface area contributed by atoms with Gasteiger partial charge in [-0.25, -0.2) is 0 Å². The SMILES string of the molecule is C=CCN(Cc1cccc(CNC)n1)C(C)(C)C. The van der Waals surface area contributed by atoms with Crippen LogP contribution in [0.2, 0.25) is 0 Å². The summed E-state index contributed by atoms with van der Waals surface area (Å²) in [6.45, 7) is 13.0. The van der Waals surface area contributed by atoms with Gasteiger partial charge in [-0.1, -0.05) is 12.1 Å². The monoisotopic (exact) mass is 247 g/mol. The average molecular weight is 247 g/mol. The molecule has 0 spiro atoms. The fourth-order valence-electron chi connectivity index (χ4n) is 1.82. The van der Waals surface area contributed by atoms with Crippen LogP contribution in [0.3, 0.4) is 0 Å². The molecular weight excluding hydrogens is 222 g/mol. The highest BCUT2D eigenvalue weighted by Crippen LogP contribution is 2.16. The van der Waals surface area contributed by atoms with Gasteiger partial charge in [0.1, 0.15) is 0 Å². The molecule has 3 heteroatoms. The molecule has 0 aliphatic heterocycles. The lowest BCUT2D eigenvalue weighted by atomic mass is 10.1.